The number of rotatable bonds is 6. The van der Waals surface area contributed by atoms with E-state index >= 15 is 0 Å². The minimum Gasteiger partial charge on any atom is -0.492 e. The van der Waals surface area contributed by atoms with Crippen LogP contribution in [0.2, 0.25) is 5.02 Å². The zero-order chi connectivity index (χ0) is 21.3. The number of fused-ring (bicyclic) bond motifs is 3. The fourth-order valence-electron chi connectivity index (χ4n) is 3.51. The van der Waals surface area contributed by atoms with Gasteiger partial charge in [-0.05, 0) is 37.3 Å². The quantitative estimate of drug-likeness (QED) is 0.628. The number of ether oxygens (including phenoxy) is 1. The van der Waals surface area contributed by atoms with Crippen LogP contribution in [0.25, 0.3) is 5.69 Å². The SMILES string of the molecule is Cc1nnc2n1-c1ccc(OCCN)cc1C(c1ccc(Cl)cc1)=N[C@H]2CC(N)=O. The lowest BCUT2D eigenvalue weighted by Crippen LogP contribution is -2.17. The van der Waals surface area contributed by atoms with Crippen LogP contribution in [-0.4, -0.2) is 39.5 Å². The summed E-state index contributed by atoms with van der Waals surface area (Å²) in [4.78, 5) is 16.7. The highest BCUT2D eigenvalue weighted by atomic mass is 35.5. The largest absolute Gasteiger partial charge is 0.492 e. The van der Waals surface area contributed by atoms with Gasteiger partial charge in [-0.3, -0.25) is 14.4 Å². The lowest BCUT2D eigenvalue weighted by atomic mass is 10.00. The number of benzene rings is 2. The van der Waals surface area contributed by atoms with Gasteiger partial charge in [-0.15, -0.1) is 10.2 Å². The summed E-state index contributed by atoms with van der Waals surface area (Å²) in [5, 5.41) is 9.12. The number of aliphatic imine (C=N–C) groups is 1. The fraction of sp³-hybridized carbons (Fsp3) is 0.238. The molecule has 8 nitrogen and oxygen atoms in total. The zero-order valence-corrected chi connectivity index (χ0v) is 17.1. The van der Waals surface area contributed by atoms with Gasteiger partial charge in [-0.25, -0.2) is 0 Å². The Balaban J connectivity index is 1.96. The van der Waals surface area contributed by atoms with Gasteiger partial charge in [0.15, 0.2) is 5.82 Å². The molecular formula is C21H21ClN6O2. The van der Waals surface area contributed by atoms with Crippen LogP contribution in [-0.2, 0) is 4.79 Å². The summed E-state index contributed by atoms with van der Waals surface area (Å²) >= 11 is 6.08. The Kier molecular flexibility index (Phi) is 5.52. The summed E-state index contributed by atoms with van der Waals surface area (Å²) in [5.74, 6) is 1.45. The standard InChI is InChI=1S/C21H21ClN6O2/c1-12-26-27-21-17(11-19(24)29)25-20(13-2-4-14(22)5-3-13)16-10-15(30-9-8-23)6-7-18(16)28(12)21/h2-7,10,17H,8-9,11,23H2,1H3,(H2,24,29)/t17-/m0/s1. The van der Waals surface area contributed by atoms with Crippen molar-refractivity contribution in [2.45, 2.75) is 19.4 Å². The molecule has 0 unspecified atom stereocenters. The van der Waals surface area contributed by atoms with Gasteiger partial charge in [-0.1, -0.05) is 23.7 Å². The molecule has 0 radical (unpaired) electrons. The van der Waals surface area contributed by atoms with Gasteiger partial charge in [0.05, 0.1) is 17.8 Å². The van der Waals surface area contributed by atoms with Crippen LogP contribution in [0.4, 0.5) is 0 Å². The van der Waals surface area contributed by atoms with Crippen LogP contribution in [0.1, 0.15) is 35.2 Å². The van der Waals surface area contributed by atoms with Crippen molar-refractivity contribution in [1.29, 1.82) is 0 Å². The Bertz CT molecular complexity index is 1120. The van der Waals surface area contributed by atoms with Crippen LogP contribution < -0.4 is 16.2 Å². The molecule has 0 aliphatic carbocycles. The highest BCUT2D eigenvalue weighted by Gasteiger charge is 2.29. The van der Waals surface area contributed by atoms with E-state index in [2.05, 4.69) is 10.2 Å². The van der Waals surface area contributed by atoms with E-state index in [0.717, 1.165) is 16.8 Å². The summed E-state index contributed by atoms with van der Waals surface area (Å²) in [6, 6.07) is 12.5. The topological polar surface area (TPSA) is 121 Å². The summed E-state index contributed by atoms with van der Waals surface area (Å²) in [6.07, 6.45) is 0.0136. The van der Waals surface area contributed by atoms with Crippen LogP contribution in [0.15, 0.2) is 47.5 Å². The average Bonchev–Trinajstić information content (AvgIpc) is 3.05. The number of amides is 1. The Morgan fingerprint density at radius 1 is 1.20 bits per heavy atom. The lowest BCUT2D eigenvalue weighted by Gasteiger charge is -2.15. The third kappa shape index (κ3) is 3.79. The molecule has 30 heavy (non-hydrogen) atoms. The number of hydrogen-bond acceptors (Lipinski definition) is 6. The van der Waals surface area contributed by atoms with Crippen LogP contribution >= 0.6 is 11.6 Å². The molecule has 3 aromatic rings. The van der Waals surface area contributed by atoms with E-state index in [1.54, 1.807) is 12.1 Å². The minimum absolute atomic E-state index is 0.0136. The number of primary amides is 1. The van der Waals surface area contributed by atoms with E-state index in [4.69, 9.17) is 32.8 Å². The summed E-state index contributed by atoms with van der Waals surface area (Å²) < 4.78 is 7.65. The molecule has 0 saturated carbocycles. The van der Waals surface area contributed by atoms with Crippen molar-refractivity contribution in [3.8, 4) is 11.4 Å². The van der Waals surface area contributed by atoms with Crippen LogP contribution in [0.5, 0.6) is 5.75 Å². The number of nitrogens with zero attached hydrogens (tertiary/aromatic N) is 4. The van der Waals surface area contributed by atoms with E-state index in [1.165, 1.54) is 0 Å². The second-order valence-corrected chi connectivity index (χ2v) is 7.36. The summed E-state index contributed by atoms with van der Waals surface area (Å²) in [6.45, 7) is 2.66. The Labute approximate surface area is 178 Å². The predicted molar refractivity (Wildman–Crippen MR) is 114 cm³/mol. The van der Waals surface area contributed by atoms with Crippen molar-refractivity contribution in [2.75, 3.05) is 13.2 Å². The maximum Gasteiger partial charge on any atom is 0.220 e. The monoisotopic (exact) mass is 424 g/mol. The molecule has 1 aromatic heterocycles. The number of nitrogens with two attached hydrogens (primary N) is 2. The van der Waals surface area contributed by atoms with Gasteiger partial charge < -0.3 is 16.2 Å². The fourth-order valence-corrected chi connectivity index (χ4v) is 3.63. The molecule has 154 valence electrons. The summed E-state index contributed by atoms with van der Waals surface area (Å²) in [7, 11) is 0. The van der Waals surface area contributed by atoms with Crippen molar-refractivity contribution < 1.29 is 9.53 Å². The molecule has 0 fully saturated rings. The Morgan fingerprint density at radius 3 is 2.67 bits per heavy atom. The molecule has 2 heterocycles. The van der Waals surface area contributed by atoms with Gasteiger partial charge >= 0.3 is 0 Å². The van der Waals surface area contributed by atoms with Gasteiger partial charge in [0.1, 0.15) is 24.2 Å². The number of halogens is 1. The second-order valence-electron chi connectivity index (χ2n) is 6.93. The van der Waals surface area contributed by atoms with E-state index in [0.29, 0.717) is 41.3 Å². The van der Waals surface area contributed by atoms with Gasteiger partial charge in [-0.2, -0.15) is 0 Å². The van der Waals surface area contributed by atoms with Gasteiger partial charge in [0, 0.05) is 22.7 Å². The molecule has 1 amide bonds. The number of carbonyl (C=O) groups excluding carboxylic acids is 1. The summed E-state index contributed by atoms with van der Waals surface area (Å²) in [5.41, 5.74) is 14.3. The number of aromatic nitrogens is 3. The first-order valence-electron chi connectivity index (χ1n) is 9.49. The van der Waals surface area contributed by atoms with E-state index in [9.17, 15) is 4.79 Å². The zero-order valence-electron chi connectivity index (χ0n) is 16.4. The molecule has 4 N–H and O–H groups in total. The number of hydrogen-bond donors (Lipinski definition) is 2. The molecule has 2 aromatic carbocycles. The normalized spacial score (nSPS) is 15.0. The maximum absolute atomic E-state index is 11.8. The van der Waals surface area contributed by atoms with Crippen LogP contribution in [0, 0.1) is 6.92 Å². The Morgan fingerprint density at radius 2 is 1.97 bits per heavy atom. The average molecular weight is 425 g/mol. The third-order valence-corrected chi connectivity index (χ3v) is 5.05. The van der Waals surface area contributed by atoms with Crippen molar-refractivity contribution in [2.24, 2.45) is 16.5 Å². The molecule has 0 spiro atoms. The molecule has 4 rings (SSSR count). The van der Waals surface area contributed by atoms with E-state index in [1.807, 2.05) is 41.8 Å². The third-order valence-electron chi connectivity index (χ3n) is 4.80. The highest BCUT2D eigenvalue weighted by molar-refractivity contribution is 6.30. The minimum atomic E-state index is -0.574. The molecular weight excluding hydrogens is 404 g/mol. The van der Waals surface area contributed by atoms with Crippen molar-refractivity contribution in [1.82, 2.24) is 14.8 Å². The molecule has 1 aliphatic heterocycles. The lowest BCUT2D eigenvalue weighted by molar-refractivity contribution is -0.118. The van der Waals surface area contributed by atoms with Crippen molar-refractivity contribution in [3.05, 3.63) is 70.3 Å². The maximum atomic E-state index is 11.8. The molecule has 0 saturated heterocycles. The first kappa shape index (κ1) is 20.1. The van der Waals surface area contributed by atoms with Gasteiger partial charge in [0.25, 0.3) is 0 Å². The van der Waals surface area contributed by atoms with Crippen molar-refractivity contribution >= 4 is 23.2 Å². The number of carbonyl (C=O) groups is 1. The van der Waals surface area contributed by atoms with Gasteiger partial charge in [0.2, 0.25) is 5.91 Å². The molecule has 0 bridgehead atoms. The molecule has 9 heteroatoms. The number of aryl methyl sites for hydroxylation is 1. The highest BCUT2D eigenvalue weighted by Crippen LogP contribution is 2.34. The van der Waals surface area contributed by atoms with E-state index < -0.39 is 11.9 Å². The van der Waals surface area contributed by atoms with E-state index in [-0.39, 0.29) is 6.42 Å². The smallest absolute Gasteiger partial charge is 0.220 e. The first-order valence-corrected chi connectivity index (χ1v) is 9.87. The first-order chi connectivity index (χ1) is 14.5. The second kappa shape index (κ2) is 8.25. The van der Waals surface area contributed by atoms with Crippen LogP contribution in [0.3, 0.4) is 0 Å². The molecule has 1 aliphatic rings. The Hall–Kier alpha value is -3.23. The predicted octanol–water partition coefficient (Wildman–Crippen LogP) is 2.33. The molecule has 1 atom stereocenters. The van der Waals surface area contributed by atoms with Crippen molar-refractivity contribution in [3.63, 3.8) is 0 Å².